The van der Waals surface area contributed by atoms with Gasteiger partial charge in [0.25, 0.3) is 0 Å². The van der Waals surface area contributed by atoms with Gasteiger partial charge in [-0.3, -0.25) is 9.48 Å². The molecule has 0 bridgehead atoms. The molecule has 0 saturated heterocycles. The molecule has 23 heavy (non-hydrogen) atoms. The first kappa shape index (κ1) is 14.5. The number of hydrogen-bond donors (Lipinski definition) is 2. The highest BCUT2D eigenvalue weighted by Crippen LogP contribution is 2.22. The molecule has 0 aliphatic rings. The van der Waals surface area contributed by atoms with Crippen molar-refractivity contribution in [2.45, 2.75) is 19.5 Å². The molecule has 0 fully saturated rings. The Balaban J connectivity index is 1.85. The summed E-state index contributed by atoms with van der Waals surface area (Å²) in [5, 5.41) is 20.8. The number of fused-ring (bicyclic) bond motifs is 1. The van der Waals surface area contributed by atoms with E-state index in [4.69, 9.17) is 11.0 Å². The SMILES string of the molecule is N#CCCn1ncc2c(Nc3cnn(CC(N)=O)c3)ncnc21. The number of primary amides is 1. The van der Waals surface area contributed by atoms with Crippen molar-refractivity contribution in [2.75, 3.05) is 5.32 Å². The van der Waals surface area contributed by atoms with Crippen LogP contribution in [0, 0.1) is 11.3 Å². The number of nitrogens with zero attached hydrogens (tertiary/aromatic N) is 7. The Kier molecular flexibility index (Phi) is 3.84. The molecule has 0 aromatic carbocycles. The van der Waals surface area contributed by atoms with Gasteiger partial charge < -0.3 is 11.1 Å². The number of nitrogens with two attached hydrogens (primary N) is 1. The van der Waals surface area contributed by atoms with Gasteiger partial charge in [-0.25, -0.2) is 14.6 Å². The first-order valence-electron chi connectivity index (χ1n) is 6.78. The summed E-state index contributed by atoms with van der Waals surface area (Å²) in [7, 11) is 0. The molecule has 1 amide bonds. The molecule has 0 spiro atoms. The largest absolute Gasteiger partial charge is 0.368 e. The van der Waals surface area contributed by atoms with Crippen LogP contribution in [0.15, 0.2) is 24.9 Å². The smallest absolute Gasteiger partial charge is 0.239 e. The maximum absolute atomic E-state index is 10.9. The molecular weight excluding hydrogens is 298 g/mol. The van der Waals surface area contributed by atoms with Crippen LogP contribution in [0.25, 0.3) is 11.0 Å². The number of carbonyl (C=O) groups excluding carboxylic acids is 1. The molecular formula is C13H13N9O. The monoisotopic (exact) mass is 311 g/mol. The van der Waals surface area contributed by atoms with E-state index in [1.807, 2.05) is 0 Å². The Morgan fingerprint density at radius 3 is 3.00 bits per heavy atom. The van der Waals surface area contributed by atoms with E-state index in [-0.39, 0.29) is 6.54 Å². The number of nitrogens with one attached hydrogen (secondary N) is 1. The van der Waals surface area contributed by atoms with Gasteiger partial charge in [0.2, 0.25) is 5.91 Å². The van der Waals surface area contributed by atoms with Crippen molar-refractivity contribution in [3.8, 4) is 6.07 Å². The van der Waals surface area contributed by atoms with E-state index >= 15 is 0 Å². The van der Waals surface area contributed by atoms with Gasteiger partial charge >= 0.3 is 0 Å². The van der Waals surface area contributed by atoms with Gasteiger partial charge in [-0.15, -0.1) is 0 Å². The van der Waals surface area contributed by atoms with Crippen molar-refractivity contribution < 1.29 is 4.79 Å². The third-order valence-corrected chi connectivity index (χ3v) is 3.08. The Morgan fingerprint density at radius 1 is 1.35 bits per heavy atom. The first-order chi connectivity index (χ1) is 11.2. The molecule has 3 rings (SSSR count). The van der Waals surface area contributed by atoms with Crippen LogP contribution in [0.5, 0.6) is 0 Å². The highest BCUT2D eigenvalue weighted by Gasteiger charge is 2.10. The van der Waals surface area contributed by atoms with Crippen LogP contribution in [0.1, 0.15) is 6.42 Å². The normalized spacial score (nSPS) is 10.6. The summed E-state index contributed by atoms with van der Waals surface area (Å²) in [4.78, 5) is 19.3. The summed E-state index contributed by atoms with van der Waals surface area (Å²) in [6.07, 6.45) is 6.63. The van der Waals surface area contributed by atoms with E-state index in [2.05, 4.69) is 31.6 Å². The topological polar surface area (TPSA) is 140 Å². The highest BCUT2D eigenvalue weighted by atomic mass is 16.1. The Morgan fingerprint density at radius 2 is 2.22 bits per heavy atom. The van der Waals surface area contributed by atoms with Crippen LogP contribution in [-0.2, 0) is 17.9 Å². The fraction of sp³-hybridized carbons (Fsp3) is 0.231. The summed E-state index contributed by atoms with van der Waals surface area (Å²) in [6, 6.07) is 2.07. The number of nitriles is 1. The van der Waals surface area contributed by atoms with Gasteiger partial charge in [0.05, 0.1) is 42.5 Å². The standard InChI is InChI=1S/C13H13N9O/c14-2-1-3-22-13-10(5-19-22)12(16-8-17-13)20-9-4-18-21(6-9)7-11(15)23/h4-6,8H,1,3,7H2,(H2,15,23)(H,16,17,20). The van der Waals surface area contributed by atoms with Crippen LogP contribution in [0.3, 0.4) is 0 Å². The zero-order valence-corrected chi connectivity index (χ0v) is 12.0. The molecule has 3 aromatic heterocycles. The van der Waals surface area contributed by atoms with Crippen molar-refractivity contribution in [3.05, 3.63) is 24.9 Å². The number of anilines is 2. The second-order valence-corrected chi connectivity index (χ2v) is 4.75. The molecule has 116 valence electrons. The molecule has 0 radical (unpaired) electrons. The lowest BCUT2D eigenvalue weighted by molar-refractivity contribution is -0.118. The summed E-state index contributed by atoms with van der Waals surface area (Å²) in [5.41, 5.74) is 6.43. The van der Waals surface area contributed by atoms with Gasteiger partial charge in [0, 0.05) is 6.20 Å². The van der Waals surface area contributed by atoms with E-state index in [0.29, 0.717) is 30.1 Å². The molecule has 10 heteroatoms. The lowest BCUT2D eigenvalue weighted by atomic mass is 10.3. The fourth-order valence-electron chi connectivity index (χ4n) is 2.12. The molecule has 0 unspecified atom stereocenters. The van der Waals surface area contributed by atoms with E-state index in [1.54, 1.807) is 23.3 Å². The van der Waals surface area contributed by atoms with Crippen LogP contribution >= 0.6 is 0 Å². The molecule has 0 aliphatic carbocycles. The first-order valence-corrected chi connectivity index (χ1v) is 6.78. The number of amides is 1. The zero-order chi connectivity index (χ0) is 16.2. The summed E-state index contributed by atoms with van der Waals surface area (Å²) in [6.45, 7) is 0.472. The fourth-order valence-corrected chi connectivity index (χ4v) is 2.12. The van der Waals surface area contributed by atoms with Gasteiger partial charge in [-0.1, -0.05) is 0 Å². The van der Waals surface area contributed by atoms with Crippen LogP contribution in [0.4, 0.5) is 11.5 Å². The van der Waals surface area contributed by atoms with Crippen LogP contribution < -0.4 is 11.1 Å². The molecule has 10 nitrogen and oxygen atoms in total. The molecule has 0 aliphatic heterocycles. The highest BCUT2D eigenvalue weighted by molar-refractivity contribution is 5.88. The predicted molar refractivity (Wildman–Crippen MR) is 80.3 cm³/mol. The van der Waals surface area contributed by atoms with Crippen molar-refractivity contribution >= 4 is 28.4 Å². The zero-order valence-electron chi connectivity index (χ0n) is 12.0. The van der Waals surface area contributed by atoms with Crippen molar-refractivity contribution in [3.63, 3.8) is 0 Å². The van der Waals surface area contributed by atoms with Crippen LogP contribution in [0.2, 0.25) is 0 Å². The number of hydrogen-bond acceptors (Lipinski definition) is 7. The van der Waals surface area contributed by atoms with E-state index in [9.17, 15) is 4.79 Å². The Bertz CT molecular complexity index is 888. The van der Waals surface area contributed by atoms with Crippen molar-refractivity contribution in [1.82, 2.24) is 29.5 Å². The minimum Gasteiger partial charge on any atom is -0.368 e. The summed E-state index contributed by atoms with van der Waals surface area (Å²) < 4.78 is 3.08. The lowest BCUT2D eigenvalue weighted by Crippen LogP contribution is -2.18. The second-order valence-electron chi connectivity index (χ2n) is 4.75. The lowest BCUT2D eigenvalue weighted by Gasteiger charge is -2.04. The Hall–Kier alpha value is -3.48. The molecule has 3 aromatic rings. The maximum atomic E-state index is 10.9. The third kappa shape index (κ3) is 3.08. The van der Waals surface area contributed by atoms with E-state index in [1.165, 1.54) is 11.0 Å². The van der Waals surface area contributed by atoms with Gasteiger partial charge in [-0.05, 0) is 0 Å². The average Bonchev–Trinajstić information content (AvgIpc) is 3.12. The minimum absolute atomic E-state index is 0.00690. The molecule has 3 N–H and O–H groups in total. The molecule has 0 atom stereocenters. The average molecular weight is 311 g/mol. The number of aryl methyl sites for hydroxylation is 1. The number of aromatic nitrogens is 6. The molecule has 0 saturated carbocycles. The number of rotatable bonds is 6. The van der Waals surface area contributed by atoms with Crippen molar-refractivity contribution in [2.24, 2.45) is 5.73 Å². The van der Waals surface area contributed by atoms with Gasteiger partial charge in [0.15, 0.2) is 5.65 Å². The maximum Gasteiger partial charge on any atom is 0.239 e. The number of carbonyl (C=O) groups is 1. The summed E-state index contributed by atoms with van der Waals surface area (Å²) in [5.74, 6) is 0.0969. The molecule has 3 heterocycles. The predicted octanol–water partition coefficient (Wildman–Crippen LogP) is 0.165. The van der Waals surface area contributed by atoms with Gasteiger partial charge in [-0.2, -0.15) is 15.5 Å². The third-order valence-electron chi connectivity index (χ3n) is 3.08. The Labute approximate surface area is 130 Å². The van der Waals surface area contributed by atoms with E-state index in [0.717, 1.165) is 5.39 Å². The second kappa shape index (κ2) is 6.10. The van der Waals surface area contributed by atoms with Crippen molar-refractivity contribution in [1.29, 1.82) is 5.26 Å². The minimum atomic E-state index is -0.470. The van der Waals surface area contributed by atoms with Crippen LogP contribution in [-0.4, -0.2) is 35.4 Å². The van der Waals surface area contributed by atoms with Gasteiger partial charge in [0.1, 0.15) is 18.7 Å². The summed E-state index contributed by atoms with van der Waals surface area (Å²) >= 11 is 0. The van der Waals surface area contributed by atoms with E-state index < -0.39 is 5.91 Å². The quantitative estimate of drug-likeness (QED) is 0.660.